The average Bonchev–Trinajstić information content (AvgIpc) is 3.01. The highest BCUT2D eigenvalue weighted by atomic mass is 16.5. The Morgan fingerprint density at radius 1 is 0.929 bits per heavy atom. The van der Waals surface area contributed by atoms with Gasteiger partial charge >= 0.3 is 5.97 Å². The van der Waals surface area contributed by atoms with E-state index < -0.39 is 12.0 Å². The third-order valence-electron chi connectivity index (χ3n) is 5.48. The van der Waals surface area contributed by atoms with Gasteiger partial charge in [0.25, 0.3) is 5.91 Å². The van der Waals surface area contributed by atoms with Crippen LogP contribution in [0.25, 0.3) is 10.8 Å². The van der Waals surface area contributed by atoms with Crippen LogP contribution in [-0.2, 0) is 14.3 Å². The van der Waals surface area contributed by atoms with E-state index in [0.717, 1.165) is 60.9 Å². The van der Waals surface area contributed by atoms with Crippen molar-refractivity contribution >= 4 is 22.6 Å². The van der Waals surface area contributed by atoms with Crippen LogP contribution >= 0.6 is 0 Å². The van der Waals surface area contributed by atoms with Gasteiger partial charge in [-0.25, -0.2) is 0 Å². The van der Waals surface area contributed by atoms with Crippen molar-refractivity contribution in [3.63, 3.8) is 0 Å². The predicted molar refractivity (Wildman–Crippen MR) is 110 cm³/mol. The molecule has 1 heterocycles. The molecule has 150 valence electrons. The molecule has 1 saturated heterocycles. The van der Waals surface area contributed by atoms with Crippen molar-refractivity contribution in [2.75, 3.05) is 20.2 Å². The quantitative estimate of drug-likeness (QED) is 0.723. The van der Waals surface area contributed by atoms with Gasteiger partial charge in [-0.3, -0.25) is 9.59 Å². The molecule has 0 aliphatic carbocycles. The summed E-state index contributed by atoms with van der Waals surface area (Å²) in [6, 6.07) is 11.7. The van der Waals surface area contributed by atoms with E-state index in [1.165, 1.54) is 0 Å². The van der Waals surface area contributed by atoms with E-state index in [-0.39, 0.29) is 11.9 Å². The molecule has 0 saturated carbocycles. The molecular formula is C23H29NO4. The Morgan fingerprint density at radius 2 is 1.57 bits per heavy atom. The van der Waals surface area contributed by atoms with Crippen molar-refractivity contribution in [2.24, 2.45) is 0 Å². The molecule has 2 aromatic rings. The molecule has 1 amide bonds. The molecule has 1 fully saturated rings. The molecule has 3 rings (SSSR count). The van der Waals surface area contributed by atoms with Crippen LogP contribution in [0.1, 0.15) is 51.0 Å². The first-order valence-electron chi connectivity index (χ1n) is 10.1. The monoisotopic (exact) mass is 383 g/mol. The highest BCUT2D eigenvalue weighted by molar-refractivity contribution is 5.88. The number of hydrogen-bond acceptors (Lipinski definition) is 4. The van der Waals surface area contributed by atoms with E-state index >= 15 is 0 Å². The fraction of sp³-hybridized carbons (Fsp3) is 0.478. The Labute approximate surface area is 166 Å². The van der Waals surface area contributed by atoms with Gasteiger partial charge in [-0.1, -0.05) is 37.1 Å². The van der Waals surface area contributed by atoms with E-state index in [1.807, 2.05) is 48.2 Å². The molecule has 2 aromatic carbocycles. The summed E-state index contributed by atoms with van der Waals surface area (Å²) in [6.07, 6.45) is 3.60. The highest BCUT2D eigenvalue weighted by Gasteiger charge is 2.27. The number of rotatable bonds is 5. The van der Waals surface area contributed by atoms with E-state index in [9.17, 15) is 9.59 Å². The van der Waals surface area contributed by atoms with Crippen LogP contribution in [0.15, 0.2) is 36.4 Å². The van der Waals surface area contributed by atoms with Crippen molar-refractivity contribution < 1.29 is 19.1 Å². The molecule has 2 atom stereocenters. The van der Waals surface area contributed by atoms with Gasteiger partial charge in [0.05, 0.1) is 13.0 Å². The molecule has 5 heteroatoms. The maximum absolute atomic E-state index is 12.6. The number of ether oxygens (including phenoxy) is 2. The molecule has 1 aliphatic heterocycles. The minimum atomic E-state index is -0.752. The van der Waals surface area contributed by atoms with Crippen LogP contribution in [-0.4, -0.2) is 43.1 Å². The molecule has 0 spiro atoms. The summed E-state index contributed by atoms with van der Waals surface area (Å²) in [5, 5.41) is 2.08. The van der Waals surface area contributed by atoms with Crippen LogP contribution in [0, 0.1) is 0 Å². The molecule has 1 aliphatic rings. The van der Waals surface area contributed by atoms with E-state index in [4.69, 9.17) is 9.47 Å². The van der Waals surface area contributed by atoms with Gasteiger partial charge < -0.3 is 14.4 Å². The largest absolute Gasteiger partial charge is 0.497 e. The number of nitrogens with zero attached hydrogens (tertiary/aromatic N) is 1. The Bertz CT molecular complexity index is 840. The number of carbonyl (C=O) groups is 2. The summed E-state index contributed by atoms with van der Waals surface area (Å²) in [4.78, 5) is 27.1. The number of carbonyl (C=O) groups excluding carboxylic acids is 2. The van der Waals surface area contributed by atoms with Gasteiger partial charge in [-0.05, 0) is 55.2 Å². The van der Waals surface area contributed by atoms with Crippen LogP contribution in [0.4, 0.5) is 0 Å². The van der Waals surface area contributed by atoms with Gasteiger partial charge in [0.2, 0.25) is 0 Å². The van der Waals surface area contributed by atoms with Gasteiger partial charge in [-0.15, -0.1) is 0 Å². The molecule has 0 N–H and O–H groups in total. The lowest BCUT2D eigenvalue weighted by atomic mass is 9.98. The normalized spacial score (nSPS) is 16.9. The lowest BCUT2D eigenvalue weighted by Crippen LogP contribution is -2.40. The zero-order valence-electron chi connectivity index (χ0n) is 16.9. The lowest BCUT2D eigenvalue weighted by Gasteiger charge is -2.25. The van der Waals surface area contributed by atoms with E-state index in [0.29, 0.717) is 0 Å². The van der Waals surface area contributed by atoms with Gasteiger partial charge in [0.1, 0.15) is 5.75 Å². The van der Waals surface area contributed by atoms with Crippen molar-refractivity contribution in [1.29, 1.82) is 0 Å². The van der Waals surface area contributed by atoms with Crippen LogP contribution in [0.5, 0.6) is 5.75 Å². The van der Waals surface area contributed by atoms with Crippen molar-refractivity contribution in [1.82, 2.24) is 4.90 Å². The summed E-state index contributed by atoms with van der Waals surface area (Å²) in [5.41, 5.74) is 0.872. The summed E-state index contributed by atoms with van der Waals surface area (Å²) in [5.74, 6) is -0.101. The summed E-state index contributed by atoms with van der Waals surface area (Å²) in [6.45, 7) is 5.00. The van der Waals surface area contributed by atoms with E-state index in [1.54, 1.807) is 14.0 Å². The third kappa shape index (κ3) is 4.64. The fourth-order valence-corrected chi connectivity index (χ4v) is 3.65. The van der Waals surface area contributed by atoms with Crippen molar-refractivity contribution in [3.05, 3.63) is 42.0 Å². The number of esters is 1. The second kappa shape index (κ2) is 9.09. The standard InChI is InChI=1S/C23H29NO4/c1-16(18-8-9-20-15-21(27-3)11-10-19(20)14-18)23(26)28-17(2)22(25)24-12-6-4-5-7-13-24/h8-11,14-17H,4-7,12-13H2,1-3H3/t16-,17+/m0/s1. The SMILES string of the molecule is COc1ccc2cc([C@H](C)C(=O)O[C@H](C)C(=O)N3CCCCCC3)ccc2c1. The number of fused-ring (bicyclic) bond motifs is 1. The van der Waals surface area contributed by atoms with Crippen LogP contribution < -0.4 is 4.74 Å². The first-order valence-corrected chi connectivity index (χ1v) is 10.1. The third-order valence-corrected chi connectivity index (χ3v) is 5.48. The minimum absolute atomic E-state index is 0.0898. The summed E-state index contributed by atoms with van der Waals surface area (Å²) < 4.78 is 10.8. The molecule has 0 aromatic heterocycles. The molecule has 0 radical (unpaired) electrons. The maximum atomic E-state index is 12.6. The first kappa shape index (κ1) is 20.2. The second-order valence-electron chi connectivity index (χ2n) is 7.51. The van der Waals surface area contributed by atoms with E-state index in [2.05, 4.69) is 0 Å². The highest BCUT2D eigenvalue weighted by Crippen LogP contribution is 2.26. The van der Waals surface area contributed by atoms with Crippen LogP contribution in [0.3, 0.4) is 0 Å². The number of likely N-dealkylation sites (tertiary alicyclic amines) is 1. The first-order chi connectivity index (χ1) is 13.5. The van der Waals surface area contributed by atoms with Crippen molar-refractivity contribution in [2.45, 2.75) is 51.6 Å². The number of benzene rings is 2. The topological polar surface area (TPSA) is 55.8 Å². The number of amides is 1. The maximum Gasteiger partial charge on any atom is 0.313 e. The van der Waals surface area contributed by atoms with Crippen LogP contribution in [0.2, 0.25) is 0 Å². The Morgan fingerprint density at radius 3 is 2.25 bits per heavy atom. The van der Waals surface area contributed by atoms with Gasteiger partial charge in [0, 0.05) is 13.1 Å². The molecular weight excluding hydrogens is 354 g/mol. The lowest BCUT2D eigenvalue weighted by molar-refractivity contribution is -0.160. The van der Waals surface area contributed by atoms with Gasteiger partial charge in [0.15, 0.2) is 6.10 Å². The Balaban J connectivity index is 1.66. The smallest absolute Gasteiger partial charge is 0.313 e. The molecule has 28 heavy (non-hydrogen) atoms. The van der Waals surface area contributed by atoms with Crippen molar-refractivity contribution in [3.8, 4) is 5.75 Å². The Kier molecular flexibility index (Phi) is 6.55. The zero-order valence-corrected chi connectivity index (χ0v) is 16.9. The number of methoxy groups -OCH3 is 1. The van der Waals surface area contributed by atoms with Gasteiger partial charge in [-0.2, -0.15) is 0 Å². The molecule has 5 nitrogen and oxygen atoms in total. The summed E-state index contributed by atoms with van der Waals surface area (Å²) >= 11 is 0. The second-order valence-corrected chi connectivity index (χ2v) is 7.51. The fourth-order valence-electron chi connectivity index (χ4n) is 3.65. The zero-order chi connectivity index (χ0) is 20.1. The molecule has 0 bridgehead atoms. The number of hydrogen-bond donors (Lipinski definition) is 0. The Hall–Kier alpha value is -2.56. The summed E-state index contributed by atoms with van der Waals surface area (Å²) in [7, 11) is 1.64. The minimum Gasteiger partial charge on any atom is -0.497 e. The molecule has 0 unspecified atom stereocenters. The predicted octanol–water partition coefficient (Wildman–Crippen LogP) is 4.29. The average molecular weight is 383 g/mol.